The van der Waals surface area contributed by atoms with E-state index < -0.39 is 11.6 Å². The molecule has 1 saturated heterocycles. The second-order valence-corrected chi connectivity index (χ2v) is 6.46. The van der Waals surface area contributed by atoms with E-state index in [9.17, 15) is 18.4 Å². The van der Waals surface area contributed by atoms with E-state index in [2.05, 4.69) is 5.32 Å². The quantitative estimate of drug-likeness (QED) is 0.831. The number of nitrogens with one attached hydrogen (secondary N) is 1. The number of hydrogen-bond acceptors (Lipinski definition) is 2. The summed E-state index contributed by atoms with van der Waals surface area (Å²) in [6.07, 6.45) is 4.36. The van der Waals surface area contributed by atoms with Gasteiger partial charge in [-0.3, -0.25) is 9.59 Å². The maximum absolute atomic E-state index is 13.2. The van der Waals surface area contributed by atoms with E-state index in [1.54, 1.807) is 11.0 Å². The third-order valence-corrected chi connectivity index (χ3v) is 4.58. The standard InChI is InChI=1S/C21H20F2N2O2/c22-18-8-7-17(14-19(18)23)24-21(27)16-10-12-25(13-11-16)20(26)9-6-15-4-2-1-3-5-15/h1-9,14,16H,10-13H2,(H,24,27). The van der Waals surface area contributed by atoms with Crippen LogP contribution in [-0.4, -0.2) is 29.8 Å². The minimum Gasteiger partial charge on any atom is -0.339 e. The van der Waals surface area contributed by atoms with Gasteiger partial charge in [0.15, 0.2) is 11.6 Å². The molecule has 0 bridgehead atoms. The van der Waals surface area contributed by atoms with Gasteiger partial charge in [0.2, 0.25) is 11.8 Å². The third-order valence-electron chi connectivity index (χ3n) is 4.58. The Balaban J connectivity index is 1.50. The van der Waals surface area contributed by atoms with E-state index in [-0.39, 0.29) is 23.4 Å². The summed E-state index contributed by atoms with van der Waals surface area (Å²) < 4.78 is 26.2. The van der Waals surface area contributed by atoms with E-state index in [1.165, 1.54) is 12.1 Å². The first-order valence-electron chi connectivity index (χ1n) is 8.81. The molecule has 0 radical (unpaired) electrons. The number of nitrogens with zero attached hydrogens (tertiary/aromatic N) is 1. The van der Waals surface area contributed by atoms with Crippen LogP contribution in [0.5, 0.6) is 0 Å². The van der Waals surface area contributed by atoms with Gasteiger partial charge in [0.25, 0.3) is 0 Å². The summed E-state index contributed by atoms with van der Waals surface area (Å²) in [5, 5.41) is 2.61. The van der Waals surface area contributed by atoms with Crippen LogP contribution in [0, 0.1) is 17.6 Å². The van der Waals surface area contributed by atoms with Crippen molar-refractivity contribution in [3.05, 3.63) is 71.8 Å². The lowest BCUT2D eigenvalue weighted by Crippen LogP contribution is -2.40. The highest BCUT2D eigenvalue weighted by Gasteiger charge is 2.26. The Hall–Kier alpha value is -3.02. The molecule has 2 amide bonds. The summed E-state index contributed by atoms with van der Waals surface area (Å²) in [5.74, 6) is -2.55. The van der Waals surface area contributed by atoms with Gasteiger partial charge in [0.05, 0.1) is 0 Å². The molecule has 0 spiro atoms. The van der Waals surface area contributed by atoms with Crippen molar-refractivity contribution >= 4 is 23.6 Å². The third kappa shape index (κ3) is 5.00. The van der Waals surface area contributed by atoms with Crippen molar-refractivity contribution in [2.75, 3.05) is 18.4 Å². The van der Waals surface area contributed by atoms with Gasteiger partial charge in [-0.1, -0.05) is 30.3 Å². The fourth-order valence-corrected chi connectivity index (χ4v) is 3.02. The number of halogens is 2. The number of benzene rings is 2. The molecule has 0 unspecified atom stereocenters. The van der Waals surface area contributed by atoms with Crippen LogP contribution in [0.3, 0.4) is 0 Å². The van der Waals surface area contributed by atoms with Crippen LogP contribution < -0.4 is 5.32 Å². The summed E-state index contributed by atoms with van der Waals surface area (Å²) in [4.78, 5) is 26.3. The Morgan fingerprint density at radius 3 is 2.37 bits per heavy atom. The Morgan fingerprint density at radius 2 is 1.70 bits per heavy atom. The van der Waals surface area contributed by atoms with Crippen LogP contribution in [0.4, 0.5) is 14.5 Å². The zero-order chi connectivity index (χ0) is 19.2. The SMILES string of the molecule is O=C(Nc1ccc(F)c(F)c1)C1CCN(C(=O)C=Cc2ccccc2)CC1. The van der Waals surface area contributed by atoms with Gasteiger partial charge in [-0.2, -0.15) is 0 Å². The Morgan fingerprint density at radius 1 is 1.00 bits per heavy atom. The van der Waals surface area contributed by atoms with E-state index in [4.69, 9.17) is 0 Å². The Kier molecular flexibility index (Phi) is 5.96. The maximum atomic E-state index is 13.2. The average molecular weight is 370 g/mol. The van der Waals surface area contributed by atoms with E-state index >= 15 is 0 Å². The van der Waals surface area contributed by atoms with Gasteiger partial charge in [0.1, 0.15) is 0 Å². The topological polar surface area (TPSA) is 49.4 Å². The summed E-state index contributed by atoms with van der Waals surface area (Å²) >= 11 is 0. The number of carbonyl (C=O) groups excluding carboxylic acids is 2. The summed E-state index contributed by atoms with van der Waals surface area (Å²) in [5.41, 5.74) is 1.18. The summed E-state index contributed by atoms with van der Waals surface area (Å²) in [6.45, 7) is 0.960. The molecule has 27 heavy (non-hydrogen) atoms. The highest BCUT2D eigenvalue weighted by molar-refractivity contribution is 5.94. The first kappa shape index (κ1) is 18.8. The molecule has 2 aromatic rings. The van der Waals surface area contributed by atoms with Crippen LogP contribution in [-0.2, 0) is 9.59 Å². The molecule has 1 aliphatic heterocycles. The molecule has 1 N–H and O–H groups in total. The molecule has 0 atom stereocenters. The number of likely N-dealkylation sites (tertiary alicyclic amines) is 1. The van der Waals surface area contributed by atoms with Gasteiger partial charge in [-0.15, -0.1) is 0 Å². The van der Waals surface area contributed by atoms with Crippen molar-refractivity contribution in [3.63, 3.8) is 0 Å². The van der Waals surface area contributed by atoms with E-state index in [1.807, 2.05) is 30.3 Å². The lowest BCUT2D eigenvalue weighted by atomic mass is 9.95. The predicted molar refractivity (Wildman–Crippen MR) is 99.8 cm³/mol. The number of carbonyl (C=O) groups is 2. The highest BCUT2D eigenvalue weighted by Crippen LogP contribution is 2.21. The van der Waals surface area contributed by atoms with Gasteiger partial charge in [-0.25, -0.2) is 8.78 Å². The van der Waals surface area contributed by atoms with Crippen LogP contribution in [0.2, 0.25) is 0 Å². The van der Waals surface area contributed by atoms with Crippen molar-refractivity contribution in [1.82, 2.24) is 4.90 Å². The molecule has 2 aromatic carbocycles. The van der Waals surface area contributed by atoms with Crippen LogP contribution >= 0.6 is 0 Å². The lowest BCUT2D eigenvalue weighted by Gasteiger charge is -2.30. The van der Waals surface area contributed by atoms with Gasteiger partial charge >= 0.3 is 0 Å². The predicted octanol–water partition coefficient (Wildman–Crippen LogP) is 3.86. The number of rotatable bonds is 4. The molecule has 1 fully saturated rings. The molecule has 0 saturated carbocycles. The molecule has 0 aromatic heterocycles. The number of amides is 2. The number of anilines is 1. The van der Waals surface area contributed by atoms with Crippen LogP contribution in [0.15, 0.2) is 54.6 Å². The second-order valence-electron chi connectivity index (χ2n) is 6.46. The van der Waals surface area contributed by atoms with E-state index in [0.717, 1.165) is 17.7 Å². The van der Waals surface area contributed by atoms with Crippen molar-refractivity contribution in [3.8, 4) is 0 Å². The molecule has 140 valence electrons. The molecule has 4 nitrogen and oxygen atoms in total. The normalized spacial score (nSPS) is 15.1. The molecule has 1 aliphatic rings. The Bertz CT molecular complexity index is 845. The molecule has 0 aliphatic carbocycles. The van der Waals surface area contributed by atoms with E-state index in [0.29, 0.717) is 25.9 Å². The lowest BCUT2D eigenvalue weighted by molar-refractivity contribution is -0.130. The fourth-order valence-electron chi connectivity index (χ4n) is 3.02. The fraction of sp³-hybridized carbons (Fsp3) is 0.238. The summed E-state index contributed by atoms with van der Waals surface area (Å²) in [6, 6.07) is 12.8. The minimum atomic E-state index is -1.00. The molecule has 1 heterocycles. The van der Waals surface area contributed by atoms with Crippen LogP contribution in [0.25, 0.3) is 6.08 Å². The maximum Gasteiger partial charge on any atom is 0.246 e. The van der Waals surface area contributed by atoms with Crippen molar-refractivity contribution in [1.29, 1.82) is 0 Å². The molecular weight excluding hydrogens is 350 g/mol. The largest absolute Gasteiger partial charge is 0.339 e. The molecule has 3 rings (SSSR count). The zero-order valence-corrected chi connectivity index (χ0v) is 14.7. The summed E-state index contributed by atoms with van der Waals surface area (Å²) in [7, 11) is 0. The zero-order valence-electron chi connectivity index (χ0n) is 14.7. The number of piperidine rings is 1. The highest BCUT2D eigenvalue weighted by atomic mass is 19.2. The van der Waals surface area contributed by atoms with Gasteiger partial charge in [0, 0.05) is 36.8 Å². The monoisotopic (exact) mass is 370 g/mol. The first-order chi connectivity index (χ1) is 13.0. The Labute approximate surface area is 156 Å². The second kappa shape index (κ2) is 8.58. The molecular formula is C21H20F2N2O2. The smallest absolute Gasteiger partial charge is 0.246 e. The average Bonchev–Trinajstić information content (AvgIpc) is 2.70. The first-order valence-corrected chi connectivity index (χ1v) is 8.81. The van der Waals surface area contributed by atoms with Gasteiger partial charge in [-0.05, 0) is 36.6 Å². The van der Waals surface area contributed by atoms with Gasteiger partial charge < -0.3 is 10.2 Å². The van der Waals surface area contributed by atoms with Crippen molar-refractivity contribution in [2.45, 2.75) is 12.8 Å². The van der Waals surface area contributed by atoms with Crippen molar-refractivity contribution in [2.24, 2.45) is 5.92 Å². The van der Waals surface area contributed by atoms with Crippen LogP contribution in [0.1, 0.15) is 18.4 Å². The number of hydrogen-bond donors (Lipinski definition) is 1. The molecule has 6 heteroatoms. The van der Waals surface area contributed by atoms with Crippen molar-refractivity contribution < 1.29 is 18.4 Å². The minimum absolute atomic E-state index is 0.0849.